The highest BCUT2D eigenvalue weighted by molar-refractivity contribution is 4.63. The van der Waals surface area contributed by atoms with Crippen molar-refractivity contribution in [3.8, 4) is 0 Å². The first-order chi connectivity index (χ1) is 19.5. The molecule has 0 unspecified atom stereocenters. The third-order valence-electron chi connectivity index (χ3n) is 8.77. The molecule has 0 N–H and O–H groups in total. The molecule has 0 aromatic rings. The zero-order valence-corrected chi connectivity index (χ0v) is 28.0. The van der Waals surface area contributed by atoms with Crippen molar-refractivity contribution in [1.29, 1.82) is 0 Å². The van der Waals surface area contributed by atoms with Crippen LogP contribution in [-0.2, 0) is 28.4 Å². The Morgan fingerprint density at radius 1 is 0.350 bits per heavy atom. The fraction of sp³-hybridized carbons (Fsp3) is 1.00. The molecule has 0 bridgehead atoms. The lowest BCUT2D eigenvalue weighted by molar-refractivity contribution is -0.355. The number of unbranched alkanes of at least 4 members (excludes halogenated alkanes) is 16. The fourth-order valence-electron chi connectivity index (χ4n) is 5.90. The van der Waals surface area contributed by atoms with Gasteiger partial charge < -0.3 is 28.4 Å². The second kappa shape index (κ2) is 27.6. The van der Waals surface area contributed by atoms with Gasteiger partial charge >= 0.3 is 0 Å². The lowest BCUT2D eigenvalue weighted by Gasteiger charge is -2.28. The van der Waals surface area contributed by atoms with Gasteiger partial charge in [0.05, 0.1) is 0 Å². The lowest BCUT2D eigenvalue weighted by atomic mass is 9.89. The van der Waals surface area contributed by atoms with E-state index in [1.54, 1.807) is 42.7 Å². The van der Waals surface area contributed by atoms with E-state index in [1.807, 2.05) is 0 Å². The minimum absolute atomic E-state index is 0.786. The Morgan fingerprint density at radius 3 is 0.875 bits per heavy atom. The molecule has 0 saturated carbocycles. The van der Waals surface area contributed by atoms with E-state index in [4.69, 9.17) is 28.4 Å². The van der Waals surface area contributed by atoms with Crippen LogP contribution in [0.5, 0.6) is 0 Å². The summed E-state index contributed by atoms with van der Waals surface area (Å²) >= 11 is 0. The Hall–Kier alpha value is -0.240. The second-order valence-electron chi connectivity index (χ2n) is 11.7. The molecule has 0 aliphatic rings. The third kappa shape index (κ3) is 19.8. The summed E-state index contributed by atoms with van der Waals surface area (Å²) in [5, 5.41) is 0. The van der Waals surface area contributed by atoms with Crippen molar-refractivity contribution in [3.63, 3.8) is 0 Å². The molecule has 0 aliphatic carbocycles. The van der Waals surface area contributed by atoms with E-state index >= 15 is 0 Å². The van der Waals surface area contributed by atoms with Crippen molar-refractivity contribution in [2.75, 3.05) is 42.7 Å². The van der Waals surface area contributed by atoms with Crippen LogP contribution in [0.2, 0.25) is 0 Å². The maximum Gasteiger partial charge on any atom is 0.282 e. The van der Waals surface area contributed by atoms with E-state index in [0.717, 1.165) is 31.6 Å². The first-order valence-corrected chi connectivity index (χ1v) is 16.8. The Balaban J connectivity index is 4.02. The molecule has 0 amide bonds. The standard InChI is InChI=1S/C34H70O6/c1-8-9-10-17-22-27-32(28-23-18-13-11-15-20-25-30-33(35-2,36-3)37-4)29-24-19-14-12-16-21-26-31-34(38-5,39-6)40-7/h32H,8-31H2,1-7H3. The van der Waals surface area contributed by atoms with Crippen molar-refractivity contribution >= 4 is 0 Å². The summed E-state index contributed by atoms with van der Waals surface area (Å²) in [5.41, 5.74) is 0. The first-order valence-electron chi connectivity index (χ1n) is 16.8. The third-order valence-corrected chi connectivity index (χ3v) is 8.77. The zero-order chi connectivity index (χ0) is 29.8. The zero-order valence-electron chi connectivity index (χ0n) is 28.0. The monoisotopic (exact) mass is 575 g/mol. The van der Waals surface area contributed by atoms with Crippen LogP contribution in [0.15, 0.2) is 0 Å². The lowest BCUT2D eigenvalue weighted by Crippen LogP contribution is -2.35. The van der Waals surface area contributed by atoms with Gasteiger partial charge in [-0.1, -0.05) is 135 Å². The SMILES string of the molecule is CCCCCCCC(CCCCCCCCCC(OC)(OC)OC)CCCCCCCCCC(OC)(OC)OC. The molecule has 0 spiro atoms. The molecule has 0 atom stereocenters. The summed E-state index contributed by atoms with van der Waals surface area (Å²) in [5.74, 6) is -0.784. The van der Waals surface area contributed by atoms with Crippen LogP contribution >= 0.6 is 0 Å². The number of hydrogen-bond donors (Lipinski definition) is 0. The predicted molar refractivity (Wildman–Crippen MR) is 167 cm³/mol. The van der Waals surface area contributed by atoms with Crippen LogP contribution in [0.25, 0.3) is 0 Å². The highest BCUT2D eigenvalue weighted by Crippen LogP contribution is 2.26. The molecule has 40 heavy (non-hydrogen) atoms. The molecule has 0 fully saturated rings. The number of rotatable bonds is 32. The van der Waals surface area contributed by atoms with E-state index in [0.29, 0.717) is 0 Å². The molecule has 0 saturated heterocycles. The summed E-state index contributed by atoms with van der Waals surface area (Å²) in [4.78, 5) is 0. The van der Waals surface area contributed by atoms with Gasteiger partial charge in [0.25, 0.3) is 11.9 Å². The van der Waals surface area contributed by atoms with Gasteiger partial charge in [0.15, 0.2) is 0 Å². The predicted octanol–water partition coefficient (Wildman–Crippen LogP) is 10.2. The number of methoxy groups -OCH3 is 6. The van der Waals surface area contributed by atoms with Crippen LogP contribution < -0.4 is 0 Å². The first kappa shape index (κ1) is 39.8. The molecule has 242 valence electrons. The quantitative estimate of drug-likeness (QED) is 0.0588. The summed E-state index contributed by atoms with van der Waals surface area (Å²) in [6.45, 7) is 2.31. The maximum absolute atomic E-state index is 5.39. The Bertz CT molecular complexity index is 452. The van der Waals surface area contributed by atoms with Crippen LogP contribution in [0.4, 0.5) is 0 Å². The summed E-state index contributed by atoms with van der Waals surface area (Å²) in [6, 6.07) is 0. The summed E-state index contributed by atoms with van der Waals surface area (Å²) in [6.07, 6.45) is 31.1. The molecule has 0 heterocycles. The Kier molecular flexibility index (Phi) is 27.4. The van der Waals surface area contributed by atoms with Gasteiger partial charge in [0.1, 0.15) is 0 Å². The van der Waals surface area contributed by atoms with Gasteiger partial charge in [0, 0.05) is 55.5 Å². The van der Waals surface area contributed by atoms with E-state index in [9.17, 15) is 0 Å². The second-order valence-corrected chi connectivity index (χ2v) is 11.7. The average molecular weight is 575 g/mol. The van der Waals surface area contributed by atoms with Gasteiger partial charge in [-0.25, -0.2) is 0 Å². The van der Waals surface area contributed by atoms with Crippen LogP contribution in [0, 0.1) is 5.92 Å². The molecular formula is C34H70O6. The molecular weight excluding hydrogens is 504 g/mol. The van der Waals surface area contributed by atoms with Crippen LogP contribution in [0.1, 0.15) is 161 Å². The maximum atomic E-state index is 5.39. The van der Waals surface area contributed by atoms with E-state index in [2.05, 4.69) is 6.92 Å². The molecule has 0 aromatic heterocycles. The number of hydrogen-bond acceptors (Lipinski definition) is 6. The molecule has 0 rings (SSSR count). The molecule has 0 aliphatic heterocycles. The van der Waals surface area contributed by atoms with E-state index < -0.39 is 11.9 Å². The van der Waals surface area contributed by atoms with Crippen molar-refractivity contribution < 1.29 is 28.4 Å². The minimum Gasteiger partial charge on any atom is -0.331 e. The van der Waals surface area contributed by atoms with Gasteiger partial charge in [-0.15, -0.1) is 0 Å². The normalized spacial score (nSPS) is 12.6. The summed E-state index contributed by atoms with van der Waals surface area (Å²) in [7, 11) is 9.88. The van der Waals surface area contributed by atoms with Crippen LogP contribution in [0.3, 0.4) is 0 Å². The molecule has 0 radical (unpaired) electrons. The minimum atomic E-state index is -0.863. The fourth-order valence-corrected chi connectivity index (χ4v) is 5.90. The molecule has 6 nitrogen and oxygen atoms in total. The highest BCUT2D eigenvalue weighted by Gasteiger charge is 2.29. The number of ether oxygens (including phenoxy) is 6. The van der Waals surface area contributed by atoms with Gasteiger partial charge in [0.2, 0.25) is 0 Å². The van der Waals surface area contributed by atoms with Crippen molar-refractivity contribution in [2.24, 2.45) is 5.92 Å². The van der Waals surface area contributed by atoms with Gasteiger partial charge in [-0.05, 0) is 18.8 Å². The average Bonchev–Trinajstić information content (AvgIpc) is 2.99. The van der Waals surface area contributed by atoms with E-state index in [1.165, 1.54) is 128 Å². The topological polar surface area (TPSA) is 55.4 Å². The Morgan fingerprint density at radius 2 is 0.600 bits per heavy atom. The summed E-state index contributed by atoms with van der Waals surface area (Å²) < 4.78 is 32.3. The van der Waals surface area contributed by atoms with Crippen molar-refractivity contribution in [3.05, 3.63) is 0 Å². The largest absolute Gasteiger partial charge is 0.331 e. The molecule has 0 aromatic carbocycles. The highest BCUT2D eigenvalue weighted by atomic mass is 16.9. The van der Waals surface area contributed by atoms with Crippen LogP contribution in [-0.4, -0.2) is 54.6 Å². The van der Waals surface area contributed by atoms with E-state index in [-0.39, 0.29) is 0 Å². The van der Waals surface area contributed by atoms with Gasteiger partial charge in [-0.2, -0.15) is 0 Å². The molecule has 6 heteroatoms. The van der Waals surface area contributed by atoms with Gasteiger partial charge in [-0.3, -0.25) is 0 Å². The Labute approximate surface area is 249 Å². The van der Waals surface area contributed by atoms with Crippen molar-refractivity contribution in [2.45, 2.75) is 173 Å². The smallest absolute Gasteiger partial charge is 0.282 e. The van der Waals surface area contributed by atoms with Crippen molar-refractivity contribution in [1.82, 2.24) is 0 Å².